The first-order valence-corrected chi connectivity index (χ1v) is 12.0. The Kier molecular flexibility index (Phi) is 5.90. The summed E-state index contributed by atoms with van der Waals surface area (Å²) in [6.07, 6.45) is 3.52. The van der Waals surface area contributed by atoms with E-state index in [1.807, 2.05) is 0 Å². The van der Waals surface area contributed by atoms with Gasteiger partial charge in [0.2, 0.25) is 17.7 Å². The molecule has 2 aromatic rings. The van der Waals surface area contributed by atoms with Gasteiger partial charge in [0.1, 0.15) is 5.75 Å². The summed E-state index contributed by atoms with van der Waals surface area (Å²) in [7, 11) is 0. The molecule has 5 rings (SSSR count). The number of nitrogens with zero attached hydrogens (tertiary/aromatic N) is 2. The first kappa shape index (κ1) is 22.6. The fraction of sp³-hybridized carbons (Fsp3) is 0.385. The maximum atomic E-state index is 12.9. The molecule has 2 saturated heterocycles. The number of benzene rings is 2. The standard InChI is InChI=1S/C26H25ClN2O5/c1-15-11-19(9-10-22(15)29-24(31)20-7-2-3-8-21(20)25(29)32)34-26(33)16-12-23(30)28(14-16)18-6-4-5-17(27)13-18/h4-6,9-11,13,16,20-21H,2-3,7-8,12,14H2,1H3/t16-,20-,21+/m0/s1. The fourth-order valence-corrected chi connectivity index (χ4v) is 5.49. The van der Waals surface area contributed by atoms with Crippen LogP contribution in [0.25, 0.3) is 0 Å². The maximum Gasteiger partial charge on any atom is 0.316 e. The maximum absolute atomic E-state index is 12.9. The molecule has 0 radical (unpaired) electrons. The van der Waals surface area contributed by atoms with Gasteiger partial charge in [0.05, 0.1) is 23.4 Å². The Morgan fingerprint density at radius 1 is 1.00 bits per heavy atom. The topological polar surface area (TPSA) is 84.0 Å². The van der Waals surface area contributed by atoms with Crippen molar-refractivity contribution < 1.29 is 23.9 Å². The summed E-state index contributed by atoms with van der Waals surface area (Å²) in [5.41, 5.74) is 1.86. The zero-order chi connectivity index (χ0) is 24.0. The minimum atomic E-state index is -0.601. The second-order valence-corrected chi connectivity index (χ2v) is 9.70. The number of aryl methyl sites for hydroxylation is 1. The molecule has 2 heterocycles. The Morgan fingerprint density at radius 3 is 2.35 bits per heavy atom. The zero-order valence-corrected chi connectivity index (χ0v) is 19.6. The van der Waals surface area contributed by atoms with Crippen LogP contribution in [0.3, 0.4) is 0 Å². The van der Waals surface area contributed by atoms with E-state index < -0.39 is 11.9 Å². The van der Waals surface area contributed by atoms with Crippen LogP contribution in [0, 0.1) is 24.7 Å². The normalized spacial score (nSPS) is 24.5. The van der Waals surface area contributed by atoms with Gasteiger partial charge in [-0.25, -0.2) is 4.90 Å². The second kappa shape index (κ2) is 8.87. The number of ether oxygens (including phenoxy) is 1. The number of halogens is 1. The minimum Gasteiger partial charge on any atom is -0.426 e. The van der Waals surface area contributed by atoms with Crippen LogP contribution in [0.15, 0.2) is 42.5 Å². The third-order valence-corrected chi connectivity index (χ3v) is 7.28. The molecule has 1 saturated carbocycles. The molecule has 176 valence electrons. The Labute approximate surface area is 202 Å². The van der Waals surface area contributed by atoms with Crippen LogP contribution in [0.4, 0.5) is 11.4 Å². The van der Waals surface area contributed by atoms with Crippen LogP contribution in [-0.4, -0.2) is 30.2 Å². The molecule has 0 N–H and O–H groups in total. The monoisotopic (exact) mass is 480 g/mol. The van der Waals surface area contributed by atoms with Gasteiger partial charge in [-0.1, -0.05) is 30.5 Å². The number of hydrogen-bond acceptors (Lipinski definition) is 5. The molecular formula is C26H25ClN2O5. The molecule has 3 aliphatic rings. The van der Waals surface area contributed by atoms with Crippen LogP contribution in [-0.2, 0) is 19.2 Å². The lowest BCUT2D eigenvalue weighted by Crippen LogP contribution is -2.31. The van der Waals surface area contributed by atoms with E-state index in [1.165, 1.54) is 9.80 Å². The van der Waals surface area contributed by atoms with E-state index in [0.717, 1.165) is 25.7 Å². The Hall–Kier alpha value is -3.19. The molecule has 3 fully saturated rings. The predicted octanol–water partition coefficient (Wildman–Crippen LogP) is 4.29. The largest absolute Gasteiger partial charge is 0.426 e. The molecular weight excluding hydrogens is 456 g/mol. The number of carbonyl (C=O) groups is 4. The van der Waals surface area contributed by atoms with Gasteiger partial charge in [0.25, 0.3) is 0 Å². The number of hydrogen-bond donors (Lipinski definition) is 0. The Morgan fingerprint density at radius 2 is 1.71 bits per heavy atom. The lowest BCUT2D eigenvalue weighted by molar-refractivity contribution is -0.139. The van der Waals surface area contributed by atoms with Crippen molar-refractivity contribution in [2.45, 2.75) is 39.0 Å². The highest BCUT2D eigenvalue weighted by Crippen LogP contribution is 2.41. The van der Waals surface area contributed by atoms with Crippen molar-refractivity contribution in [3.63, 3.8) is 0 Å². The van der Waals surface area contributed by atoms with Crippen LogP contribution < -0.4 is 14.5 Å². The van der Waals surface area contributed by atoms with Crippen molar-refractivity contribution >= 4 is 46.7 Å². The molecule has 0 spiro atoms. The summed E-state index contributed by atoms with van der Waals surface area (Å²) in [6, 6.07) is 11.8. The van der Waals surface area contributed by atoms with Gasteiger partial charge in [-0.15, -0.1) is 0 Å². The number of fused-ring (bicyclic) bond motifs is 1. The Balaban J connectivity index is 1.28. The number of anilines is 2. The van der Waals surface area contributed by atoms with E-state index in [-0.39, 0.29) is 42.5 Å². The molecule has 3 amide bonds. The van der Waals surface area contributed by atoms with Crippen molar-refractivity contribution in [3.05, 3.63) is 53.1 Å². The highest BCUT2D eigenvalue weighted by molar-refractivity contribution is 6.31. The van der Waals surface area contributed by atoms with Crippen molar-refractivity contribution in [2.24, 2.45) is 17.8 Å². The molecule has 7 nitrogen and oxygen atoms in total. The number of imide groups is 1. The van der Waals surface area contributed by atoms with Gasteiger partial charge < -0.3 is 9.64 Å². The average Bonchev–Trinajstić information content (AvgIpc) is 3.32. The summed E-state index contributed by atoms with van der Waals surface area (Å²) in [6.45, 7) is 2.00. The Bertz CT molecular complexity index is 1170. The van der Waals surface area contributed by atoms with Gasteiger partial charge in [0.15, 0.2) is 0 Å². The van der Waals surface area contributed by atoms with Gasteiger partial charge in [-0.05, 0) is 61.7 Å². The number of esters is 1. The van der Waals surface area contributed by atoms with E-state index in [1.54, 1.807) is 49.4 Å². The molecule has 8 heteroatoms. The predicted molar refractivity (Wildman–Crippen MR) is 127 cm³/mol. The number of carbonyl (C=O) groups excluding carboxylic acids is 4. The minimum absolute atomic E-state index is 0.0575. The molecule has 3 atom stereocenters. The van der Waals surface area contributed by atoms with Gasteiger partial charge >= 0.3 is 5.97 Å². The fourth-order valence-electron chi connectivity index (χ4n) is 5.30. The molecule has 0 unspecified atom stereocenters. The molecule has 0 aromatic heterocycles. The summed E-state index contributed by atoms with van der Waals surface area (Å²) >= 11 is 6.03. The van der Waals surface area contributed by atoms with E-state index >= 15 is 0 Å². The third kappa shape index (κ3) is 3.98. The lowest BCUT2D eigenvalue weighted by Gasteiger charge is -2.19. The highest BCUT2D eigenvalue weighted by Gasteiger charge is 2.49. The van der Waals surface area contributed by atoms with Crippen LogP contribution in [0.2, 0.25) is 5.02 Å². The van der Waals surface area contributed by atoms with Crippen LogP contribution in [0.5, 0.6) is 5.75 Å². The summed E-state index contributed by atoms with van der Waals surface area (Å²) < 4.78 is 5.57. The average molecular weight is 481 g/mol. The van der Waals surface area contributed by atoms with Gasteiger partial charge in [-0.2, -0.15) is 0 Å². The van der Waals surface area contributed by atoms with Crippen molar-refractivity contribution in [3.8, 4) is 5.75 Å². The summed E-state index contributed by atoms with van der Waals surface area (Å²) in [5.74, 6) is -1.65. The van der Waals surface area contributed by atoms with Crippen molar-refractivity contribution in [2.75, 3.05) is 16.3 Å². The van der Waals surface area contributed by atoms with Crippen molar-refractivity contribution in [1.82, 2.24) is 0 Å². The second-order valence-electron chi connectivity index (χ2n) is 9.26. The molecule has 0 bridgehead atoms. The van der Waals surface area contributed by atoms with E-state index in [2.05, 4.69) is 0 Å². The van der Waals surface area contributed by atoms with E-state index in [0.29, 0.717) is 27.7 Å². The smallest absolute Gasteiger partial charge is 0.316 e. The highest BCUT2D eigenvalue weighted by atomic mass is 35.5. The molecule has 2 aromatic carbocycles. The SMILES string of the molecule is Cc1cc(OC(=O)[C@H]2CC(=O)N(c3cccc(Cl)c3)C2)ccc1N1C(=O)[C@H]2CCCC[C@H]2C1=O. The lowest BCUT2D eigenvalue weighted by atomic mass is 9.81. The van der Waals surface area contributed by atoms with Crippen LogP contribution in [0.1, 0.15) is 37.7 Å². The van der Waals surface area contributed by atoms with E-state index in [4.69, 9.17) is 16.3 Å². The van der Waals surface area contributed by atoms with Crippen LogP contribution >= 0.6 is 11.6 Å². The first-order chi connectivity index (χ1) is 16.3. The zero-order valence-electron chi connectivity index (χ0n) is 18.8. The van der Waals surface area contributed by atoms with Gasteiger partial charge in [0, 0.05) is 23.7 Å². The number of rotatable bonds is 4. The summed E-state index contributed by atoms with van der Waals surface area (Å²) in [5, 5.41) is 0.515. The number of amides is 3. The molecule has 1 aliphatic carbocycles. The van der Waals surface area contributed by atoms with E-state index in [9.17, 15) is 19.2 Å². The first-order valence-electron chi connectivity index (χ1n) is 11.6. The van der Waals surface area contributed by atoms with Crippen molar-refractivity contribution in [1.29, 1.82) is 0 Å². The van der Waals surface area contributed by atoms with Gasteiger partial charge in [-0.3, -0.25) is 19.2 Å². The summed E-state index contributed by atoms with van der Waals surface area (Å²) in [4.78, 5) is 53.9. The molecule has 34 heavy (non-hydrogen) atoms. The molecule has 2 aliphatic heterocycles. The quantitative estimate of drug-likeness (QED) is 0.370. The third-order valence-electron chi connectivity index (χ3n) is 7.05.